The second kappa shape index (κ2) is 10.5. The summed E-state index contributed by atoms with van der Waals surface area (Å²) in [7, 11) is 0. The third-order valence-electron chi connectivity index (χ3n) is 5.03. The number of anilines is 1. The Morgan fingerprint density at radius 3 is 2.94 bits per heavy atom. The van der Waals surface area contributed by atoms with Gasteiger partial charge in [0, 0.05) is 30.9 Å². The van der Waals surface area contributed by atoms with Crippen LogP contribution < -0.4 is 5.32 Å². The summed E-state index contributed by atoms with van der Waals surface area (Å²) >= 11 is 0.959. The van der Waals surface area contributed by atoms with Crippen LogP contribution in [0.15, 0.2) is 23.3 Å². The third-order valence-corrected chi connectivity index (χ3v) is 6.08. The Bertz CT molecular complexity index is 1830. The molecular formula is C24H31FN6O4S. The van der Waals surface area contributed by atoms with E-state index < -0.39 is 109 Å². The number of aromatic nitrogens is 5. The molecule has 0 amide bonds. The van der Waals surface area contributed by atoms with E-state index in [0.29, 0.717) is 12.2 Å². The number of halogens is 1. The van der Waals surface area contributed by atoms with Crippen LogP contribution in [0, 0.1) is 12.7 Å². The van der Waals surface area contributed by atoms with Gasteiger partial charge in [-0.05, 0) is 36.9 Å². The van der Waals surface area contributed by atoms with Crippen molar-refractivity contribution in [2.75, 3.05) is 24.3 Å². The molecule has 36 heavy (non-hydrogen) atoms. The lowest BCUT2D eigenvalue weighted by Gasteiger charge is -2.17. The summed E-state index contributed by atoms with van der Waals surface area (Å²) < 4.78 is 132. The number of hydrogen-bond acceptors (Lipinski definition) is 10. The van der Waals surface area contributed by atoms with Gasteiger partial charge in [0.05, 0.1) is 36.3 Å². The number of nitrogens with zero attached hydrogens (tertiary/aromatic N) is 5. The van der Waals surface area contributed by atoms with E-state index >= 15 is 0 Å². The Kier molecular flexibility index (Phi) is 4.09. The molecule has 0 radical (unpaired) electrons. The van der Waals surface area contributed by atoms with Gasteiger partial charge in [0.1, 0.15) is 18.0 Å². The molecule has 2 fully saturated rings. The van der Waals surface area contributed by atoms with Gasteiger partial charge in [-0.15, -0.1) is 5.10 Å². The fourth-order valence-corrected chi connectivity index (χ4v) is 3.90. The van der Waals surface area contributed by atoms with Gasteiger partial charge in [-0.3, -0.25) is 0 Å². The summed E-state index contributed by atoms with van der Waals surface area (Å²) in [5, 5.41) is 41.0. The number of aliphatic hydroxyl groups excluding tert-OH is 1. The van der Waals surface area contributed by atoms with Gasteiger partial charge in [0.2, 0.25) is 0 Å². The van der Waals surface area contributed by atoms with Gasteiger partial charge in [-0.2, -0.15) is 0 Å². The average molecular weight is 532 g/mol. The molecule has 12 heteroatoms. The Morgan fingerprint density at radius 1 is 1.33 bits per heavy atom. The number of fused-ring (bicyclic) bond motifs is 1. The van der Waals surface area contributed by atoms with Gasteiger partial charge in [0.15, 0.2) is 22.1 Å². The first-order valence-electron chi connectivity index (χ1n) is 17.4. The van der Waals surface area contributed by atoms with Gasteiger partial charge in [0.25, 0.3) is 0 Å². The molecule has 2 aromatic heterocycles. The van der Waals surface area contributed by atoms with Gasteiger partial charge >= 0.3 is 0 Å². The minimum Gasteiger partial charge on any atom is -0.394 e. The van der Waals surface area contributed by atoms with Crippen LogP contribution in [0.2, 0.25) is 0 Å². The van der Waals surface area contributed by atoms with Crippen molar-refractivity contribution in [2.45, 2.75) is 74.3 Å². The molecular weight excluding hydrogens is 487 g/mol. The van der Waals surface area contributed by atoms with Crippen LogP contribution in [0.4, 0.5) is 10.2 Å². The van der Waals surface area contributed by atoms with E-state index in [9.17, 15) is 19.7 Å². The van der Waals surface area contributed by atoms with Crippen molar-refractivity contribution < 1.29 is 42.3 Å². The minimum absolute atomic E-state index is 0.202. The molecule has 1 aromatic carbocycles. The van der Waals surface area contributed by atoms with Crippen LogP contribution in [0.5, 0.6) is 0 Å². The lowest BCUT2D eigenvalue weighted by atomic mass is 10.1. The molecule has 10 nitrogen and oxygen atoms in total. The topological polar surface area (TPSA) is 138 Å². The quantitative estimate of drug-likeness (QED) is 0.227. The number of rotatable bonds is 10. The van der Waals surface area contributed by atoms with Crippen molar-refractivity contribution in [3.63, 3.8) is 0 Å². The van der Waals surface area contributed by atoms with Gasteiger partial charge in [-0.1, -0.05) is 36.0 Å². The van der Waals surface area contributed by atoms with Crippen molar-refractivity contribution in [2.24, 2.45) is 0 Å². The van der Waals surface area contributed by atoms with E-state index in [1.807, 2.05) is 0 Å². The second-order valence-corrected chi connectivity index (χ2v) is 8.70. The Hall–Kier alpha value is -2.38. The summed E-state index contributed by atoms with van der Waals surface area (Å²) in [4.78, 5) is 8.43. The van der Waals surface area contributed by atoms with Crippen molar-refractivity contribution in [3.05, 3.63) is 35.1 Å². The Labute approximate surface area is 230 Å². The average Bonchev–Trinajstić information content (AvgIpc) is 3.31. The van der Waals surface area contributed by atoms with Gasteiger partial charge in [-0.25, -0.2) is 19.0 Å². The number of aliphatic hydroxyl groups is 3. The number of ether oxygens (including phenoxy) is 1. The first-order chi connectivity index (χ1) is 22.4. The summed E-state index contributed by atoms with van der Waals surface area (Å²) in [6.07, 6.45) is -17.7. The van der Waals surface area contributed by atoms with Crippen LogP contribution >= 0.6 is 11.8 Å². The molecule has 0 spiro atoms. The van der Waals surface area contributed by atoms with Crippen LogP contribution in [0.3, 0.4) is 0 Å². The molecule has 2 aliphatic carbocycles. The first kappa shape index (κ1) is 14.0. The molecule has 4 N–H and O–H groups in total. The maximum absolute atomic E-state index is 14.9. The third kappa shape index (κ3) is 4.92. The van der Waals surface area contributed by atoms with Crippen molar-refractivity contribution in [1.29, 1.82) is 0 Å². The van der Waals surface area contributed by atoms with Crippen LogP contribution in [-0.2, 0) is 4.74 Å². The van der Waals surface area contributed by atoms with E-state index in [1.54, 1.807) is 6.92 Å². The van der Waals surface area contributed by atoms with Crippen molar-refractivity contribution in [1.82, 2.24) is 25.0 Å². The zero-order valence-electron chi connectivity index (χ0n) is 32.1. The highest BCUT2D eigenvalue weighted by Gasteiger charge is 2.45. The number of hydrogen-bond donors (Lipinski definition) is 4. The van der Waals surface area contributed by atoms with Crippen LogP contribution in [0.25, 0.3) is 11.2 Å². The lowest BCUT2D eigenvalue weighted by molar-refractivity contribution is -0.0629. The SMILES string of the molecule is [2H]c1c([2H])c([C@]2([2H])C([2H])([2H])[C@@]2([2H])Nc2nc(SCCC)nc3c2nnn3[C@]2([2H])C([2H])([2H])[C@]([2H])(OCCO)[C@@]([2H])(O)[C@@]2([2H])O)c([2H])c(F)c1C. The fraction of sp³-hybridized carbons (Fsp3) is 0.583. The zero-order chi connectivity index (χ0) is 37.1. The standard InChI is InChI=1S/C24H31FN6O4S/c1-3-8-36-24-27-22(26-16-10-14(16)13-5-4-12(2)15(25)9-13)19-23(28-24)31(30-29-19)17-11-18(35-7-6-32)21(34)20(17)33/h4-5,9,14,16-18,20-21,32-34H,3,6-8,10-11H2,1-2H3,(H,26,27,28)/t14-,16+,17+,18-,20-,21+/m0/s1/i4D,5D,9D,10D2,11D2,14D,16D,17D,18D,20D,21D. The van der Waals surface area contributed by atoms with Crippen molar-refractivity contribution in [3.8, 4) is 0 Å². The molecule has 0 aliphatic heterocycles. The summed E-state index contributed by atoms with van der Waals surface area (Å²) in [5.41, 5.74) is -2.53. The van der Waals surface area contributed by atoms with Gasteiger partial charge < -0.3 is 25.4 Å². The van der Waals surface area contributed by atoms with E-state index in [0.717, 1.165) is 18.7 Å². The maximum atomic E-state index is 14.9. The number of nitrogens with one attached hydrogen (secondary N) is 1. The van der Waals surface area contributed by atoms with Crippen LogP contribution in [0.1, 0.15) is 66.9 Å². The number of benzene rings is 1. The molecule has 2 aliphatic rings. The molecule has 0 unspecified atom stereocenters. The largest absolute Gasteiger partial charge is 0.394 e. The Balaban J connectivity index is 1.73. The summed E-state index contributed by atoms with van der Waals surface area (Å²) in [6, 6.07) is -9.17. The lowest BCUT2D eigenvalue weighted by Crippen LogP contribution is -2.33. The molecule has 0 saturated heterocycles. The molecule has 194 valence electrons. The summed E-state index contributed by atoms with van der Waals surface area (Å²) in [6.45, 7) is 1.25. The normalized spacial score (nSPS) is 47.9. The fourth-order valence-electron chi connectivity index (χ4n) is 3.21. The molecule has 3 aromatic rings. The second-order valence-electron chi connectivity index (χ2n) is 7.64. The number of thioether (sulfide) groups is 1. The molecule has 6 atom stereocenters. The maximum Gasteiger partial charge on any atom is 0.191 e. The van der Waals surface area contributed by atoms with E-state index in [4.69, 9.17) is 22.6 Å². The molecule has 0 bridgehead atoms. The summed E-state index contributed by atoms with van der Waals surface area (Å²) in [5.74, 6) is -4.42. The highest BCUT2D eigenvalue weighted by atomic mass is 32.2. The highest BCUT2D eigenvalue weighted by Crippen LogP contribution is 2.44. The first-order valence-corrected chi connectivity index (χ1v) is 11.8. The molecule has 2 saturated carbocycles. The molecule has 2 heterocycles. The highest BCUT2D eigenvalue weighted by molar-refractivity contribution is 7.99. The van der Waals surface area contributed by atoms with E-state index in [1.165, 1.54) is 0 Å². The minimum atomic E-state index is -3.98. The Morgan fingerprint density at radius 2 is 2.17 bits per heavy atom. The monoisotopic (exact) mass is 531 g/mol. The van der Waals surface area contributed by atoms with E-state index in [2.05, 4.69) is 25.6 Å². The van der Waals surface area contributed by atoms with Crippen molar-refractivity contribution >= 4 is 28.7 Å². The predicted octanol–water partition coefficient (Wildman–Crippen LogP) is 2.18. The smallest absolute Gasteiger partial charge is 0.191 e. The zero-order valence-corrected chi connectivity index (χ0v) is 19.9. The van der Waals surface area contributed by atoms with Crippen LogP contribution in [-0.4, -0.2) is 83.5 Å². The predicted molar refractivity (Wildman–Crippen MR) is 133 cm³/mol. The molecule has 5 rings (SSSR count). The van der Waals surface area contributed by atoms with E-state index in [-0.39, 0.29) is 15.4 Å².